The van der Waals surface area contributed by atoms with Crippen LogP contribution in [0.4, 0.5) is 0 Å². The first-order valence-corrected chi connectivity index (χ1v) is 4.01. The van der Waals surface area contributed by atoms with Gasteiger partial charge in [0, 0.05) is 5.88 Å². The van der Waals surface area contributed by atoms with Crippen LogP contribution in [0.15, 0.2) is 0 Å². The van der Waals surface area contributed by atoms with Gasteiger partial charge >= 0.3 is 0 Å². The second-order valence-corrected chi connectivity index (χ2v) is 2.93. The number of rotatable bonds is 5. The van der Waals surface area contributed by atoms with Crippen LogP contribution in [-0.2, 0) is 0 Å². The summed E-state index contributed by atoms with van der Waals surface area (Å²) in [6.07, 6.45) is 3.71. The van der Waals surface area contributed by atoms with Crippen LogP contribution in [0.3, 0.4) is 0 Å². The molecule has 0 aromatic carbocycles. The van der Waals surface area contributed by atoms with Gasteiger partial charge in [0.2, 0.25) is 0 Å². The van der Waals surface area contributed by atoms with Crippen molar-refractivity contribution in [3.8, 4) is 0 Å². The van der Waals surface area contributed by atoms with E-state index in [-0.39, 0.29) is 12.4 Å². The molecule has 0 saturated heterocycles. The number of hydrogen-bond acceptors (Lipinski definition) is 1. The van der Waals surface area contributed by atoms with Gasteiger partial charge in [-0.05, 0) is 33.5 Å². The number of hydrogen-bond donors (Lipinski definition) is 0. The van der Waals surface area contributed by atoms with Gasteiger partial charge in [-0.25, -0.2) is 0 Å². The van der Waals surface area contributed by atoms with Crippen LogP contribution in [0.1, 0.15) is 19.3 Å². The van der Waals surface area contributed by atoms with Gasteiger partial charge < -0.3 is 4.90 Å². The minimum atomic E-state index is 0. The van der Waals surface area contributed by atoms with E-state index in [1.807, 2.05) is 0 Å². The fourth-order valence-electron chi connectivity index (χ4n) is 0.699. The van der Waals surface area contributed by atoms with Gasteiger partial charge in [-0.2, -0.15) is 0 Å². The summed E-state index contributed by atoms with van der Waals surface area (Å²) in [5, 5.41) is 0. The highest BCUT2D eigenvalue weighted by Gasteiger charge is 1.89. The van der Waals surface area contributed by atoms with E-state index in [0.29, 0.717) is 0 Å². The highest BCUT2D eigenvalue weighted by molar-refractivity contribution is 6.17. The summed E-state index contributed by atoms with van der Waals surface area (Å²) >= 11 is 5.50. The average molecular weight is 186 g/mol. The molecule has 0 unspecified atom stereocenters. The molecule has 1 nitrogen and oxygen atoms in total. The molecular formula is C7H17Cl2N. The van der Waals surface area contributed by atoms with E-state index < -0.39 is 0 Å². The number of unbranched alkanes of at least 4 members (excludes halogenated alkanes) is 2. The van der Waals surface area contributed by atoms with Crippen molar-refractivity contribution >= 4 is 24.0 Å². The minimum absolute atomic E-state index is 0. The molecule has 0 spiro atoms. The third-order valence-electron chi connectivity index (χ3n) is 1.24. The largest absolute Gasteiger partial charge is 0.309 e. The van der Waals surface area contributed by atoms with Gasteiger partial charge in [-0.15, -0.1) is 24.0 Å². The molecule has 0 aromatic rings. The van der Waals surface area contributed by atoms with Crippen molar-refractivity contribution in [1.82, 2.24) is 4.90 Å². The lowest BCUT2D eigenvalue weighted by Crippen LogP contribution is -2.12. The Kier molecular flexibility index (Phi) is 12.5. The molecule has 3 heteroatoms. The molecule has 0 aliphatic heterocycles. The molecule has 0 heterocycles. The van der Waals surface area contributed by atoms with Gasteiger partial charge in [-0.1, -0.05) is 6.42 Å². The number of nitrogens with zero attached hydrogens (tertiary/aromatic N) is 1. The van der Waals surface area contributed by atoms with Crippen LogP contribution in [0, 0.1) is 0 Å². The Hall–Kier alpha value is 0.540. The molecule has 0 saturated carbocycles. The second kappa shape index (κ2) is 9.54. The summed E-state index contributed by atoms with van der Waals surface area (Å²) in [6, 6.07) is 0. The van der Waals surface area contributed by atoms with Gasteiger partial charge in [0.1, 0.15) is 0 Å². The van der Waals surface area contributed by atoms with E-state index in [0.717, 1.165) is 12.3 Å². The highest BCUT2D eigenvalue weighted by Crippen LogP contribution is 1.96. The molecule has 0 aliphatic rings. The Morgan fingerprint density at radius 1 is 1.10 bits per heavy atom. The highest BCUT2D eigenvalue weighted by atomic mass is 35.5. The van der Waals surface area contributed by atoms with E-state index in [2.05, 4.69) is 19.0 Å². The van der Waals surface area contributed by atoms with Gasteiger partial charge in [-0.3, -0.25) is 0 Å². The topological polar surface area (TPSA) is 3.24 Å². The van der Waals surface area contributed by atoms with Crippen molar-refractivity contribution in [3.05, 3.63) is 0 Å². The van der Waals surface area contributed by atoms with E-state index in [9.17, 15) is 0 Å². The standard InChI is InChI=1S/C7H16ClN.ClH/c1-9(2)7-5-3-4-6-8;/h3-7H2,1-2H3;1H. The summed E-state index contributed by atoms with van der Waals surface area (Å²) in [5.41, 5.74) is 0. The predicted octanol–water partition coefficient (Wildman–Crippen LogP) is 2.38. The molecule has 64 valence electrons. The van der Waals surface area contributed by atoms with Crippen LogP contribution in [0.5, 0.6) is 0 Å². The fraction of sp³-hybridized carbons (Fsp3) is 1.00. The summed E-state index contributed by atoms with van der Waals surface area (Å²) in [5.74, 6) is 0.813. The van der Waals surface area contributed by atoms with E-state index in [1.54, 1.807) is 0 Å². The summed E-state index contributed by atoms with van der Waals surface area (Å²) in [7, 11) is 4.20. The van der Waals surface area contributed by atoms with E-state index >= 15 is 0 Å². The quantitative estimate of drug-likeness (QED) is 0.470. The normalized spacial score (nSPS) is 9.60. The third-order valence-corrected chi connectivity index (χ3v) is 1.51. The molecule has 0 aromatic heterocycles. The number of halogens is 2. The molecule has 0 fully saturated rings. The first-order valence-electron chi connectivity index (χ1n) is 3.48. The Morgan fingerprint density at radius 2 is 1.70 bits per heavy atom. The zero-order chi connectivity index (χ0) is 7.11. The average Bonchev–Trinajstić information content (AvgIpc) is 1.80. The maximum atomic E-state index is 5.50. The molecule has 10 heavy (non-hydrogen) atoms. The van der Waals surface area contributed by atoms with E-state index in [4.69, 9.17) is 11.6 Å². The molecule has 0 amide bonds. The predicted molar refractivity (Wildman–Crippen MR) is 50.4 cm³/mol. The van der Waals surface area contributed by atoms with Crippen LogP contribution < -0.4 is 0 Å². The SMILES string of the molecule is CN(C)CCCCCCl.Cl. The zero-order valence-corrected chi connectivity index (χ0v) is 8.34. The molecule has 0 radical (unpaired) electrons. The van der Waals surface area contributed by atoms with Crippen LogP contribution in [0.2, 0.25) is 0 Å². The van der Waals surface area contributed by atoms with Crippen molar-refractivity contribution < 1.29 is 0 Å². The Morgan fingerprint density at radius 3 is 2.10 bits per heavy atom. The maximum Gasteiger partial charge on any atom is 0.0223 e. The van der Waals surface area contributed by atoms with E-state index in [1.165, 1.54) is 19.4 Å². The molecule has 0 aliphatic carbocycles. The first kappa shape index (κ1) is 13.2. The lowest BCUT2D eigenvalue weighted by Gasteiger charge is -2.07. The lowest BCUT2D eigenvalue weighted by molar-refractivity contribution is 0.393. The third kappa shape index (κ3) is 11.4. The molecular weight excluding hydrogens is 169 g/mol. The Bertz CT molecular complexity index is 57.6. The summed E-state index contributed by atoms with van der Waals surface area (Å²) in [4.78, 5) is 2.20. The molecule has 0 atom stereocenters. The van der Waals surface area contributed by atoms with Crippen molar-refractivity contribution in [2.75, 3.05) is 26.5 Å². The monoisotopic (exact) mass is 185 g/mol. The maximum absolute atomic E-state index is 5.50. The van der Waals surface area contributed by atoms with Crippen molar-refractivity contribution in [2.24, 2.45) is 0 Å². The van der Waals surface area contributed by atoms with Crippen LogP contribution >= 0.6 is 24.0 Å². The second-order valence-electron chi connectivity index (χ2n) is 2.55. The van der Waals surface area contributed by atoms with Gasteiger partial charge in [0.15, 0.2) is 0 Å². The summed E-state index contributed by atoms with van der Waals surface area (Å²) < 4.78 is 0. The first-order chi connectivity index (χ1) is 4.27. The van der Waals surface area contributed by atoms with Gasteiger partial charge in [0.25, 0.3) is 0 Å². The van der Waals surface area contributed by atoms with Gasteiger partial charge in [0.05, 0.1) is 0 Å². The van der Waals surface area contributed by atoms with Crippen molar-refractivity contribution in [2.45, 2.75) is 19.3 Å². The summed E-state index contributed by atoms with van der Waals surface area (Å²) in [6.45, 7) is 1.19. The van der Waals surface area contributed by atoms with Crippen molar-refractivity contribution in [3.63, 3.8) is 0 Å². The number of alkyl halides is 1. The Balaban J connectivity index is 0. The molecule has 0 bridgehead atoms. The smallest absolute Gasteiger partial charge is 0.0223 e. The molecule has 0 rings (SSSR count). The van der Waals surface area contributed by atoms with Crippen LogP contribution in [0.25, 0.3) is 0 Å². The van der Waals surface area contributed by atoms with Crippen LogP contribution in [-0.4, -0.2) is 31.4 Å². The zero-order valence-electron chi connectivity index (χ0n) is 6.77. The van der Waals surface area contributed by atoms with Crippen molar-refractivity contribution in [1.29, 1.82) is 0 Å². The molecule has 0 N–H and O–H groups in total. The fourth-order valence-corrected chi connectivity index (χ4v) is 0.888. The lowest BCUT2D eigenvalue weighted by atomic mass is 10.2. The minimum Gasteiger partial charge on any atom is -0.309 e. The Labute approximate surface area is 75.1 Å².